The number of aliphatic carboxylic acids is 1. The number of halogens is 2. The van der Waals surface area contributed by atoms with Crippen molar-refractivity contribution < 1.29 is 19.4 Å². The van der Waals surface area contributed by atoms with Crippen molar-refractivity contribution in [3.63, 3.8) is 0 Å². The summed E-state index contributed by atoms with van der Waals surface area (Å²) in [7, 11) is 0. The zero-order valence-corrected chi connectivity index (χ0v) is 13.7. The molecule has 1 heterocycles. The van der Waals surface area contributed by atoms with Crippen molar-refractivity contribution in [3.8, 4) is 0 Å². The van der Waals surface area contributed by atoms with Crippen molar-refractivity contribution in [2.24, 2.45) is 0 Å². The zero-order valence-electron chi connectivity index (χ0n) is 12.2. The highest BCUT2D eigenvalue weighted by molar-refractivity contribution is 6.42. The second kappa shape index (κ2) is 7.48. The number of carboxylic acid groups (broad SMARTS) is 1. The number of ether oxygens (including phenoxy) is 1. The summed E-state index contributed by atoms with van der Waals surface area (Å²) in [6.45, 7) is 2.17. The molecule has 1 aromatic heterocycles. The Morgan fingerprint density at radius 2 is 2.04 bits per heavy atom. The van der Waals surface area contributed by atoms with Gasteiger partial charge in [0.2, 0.25) is 0 Å². The van der Waals surface area contributed by atoms with Crippen LogP contribution < -0.4 is 5.32 Å². The highest BCUT2D eigenvalue weighted by Crippen LogP contribution is 2.34. The fraction of sp³-hybridized carbons (Fsp3) is 0.267. The summed E-state index contributed by atoms with van der Waals surface area (Å²) in [5.74, 6) is -1.46. The van der Waals surface area contributed by atoms with Gasteiger partial charge in [0, 0.05) is 18.1 Å². The summed E-state index contributed by atoms with van der Waals surface area (Å²) in [4.78, 5) is 26.5. The molecule has 0 saturated carbocycles. The van der Waals surface area contributed by atoms with Gasteiger partial charge in [0.1, 0.15) is 0 Å². The van der Waals surface area contributed by atoms with Gasteiger partial charge in [-0.1, -0.05) is 23.2 Å². The van der Waals surface area contributed by atoms with Crippen LogP contribution in [-0.2, 0) is 9.53 Å². The molecule has 0 saturated heterocycles. The summed E-state index contributed by atoms with van der Waals surface area (Å²) >= 11 is 12.5. The third-order valence-corrected chi connectivity index (χ3v) is 3.85. The van der Waals surface area contributed by atoms with Gasteiger partial charge >= 0.3 is 11.9 Å². The van der Waals surface area contributed by atoms with Gasteiger partial charge in [-0.3, -0.25) is 9.78 Å². The van der Waals surface area contributed by atoms with Gasteiger partial charge in [-0.05, 0) is 19.1 Å². The van der Waals surface area contributed by atoms with E-state index < -0.39 is 11.9 Å². The summed E-state index contributed by atoms with van der Waals surface area (Å²) in [6.07, 6.45) is 1.28. The minimum absolute atomic E-state index is 0.0374. The van der Waals surface area contributed by atoms with E-state index in [1.807, 2.05) is 0 Å². The number of hydrogen-bond acceptors (Lipinski definition) is 5. The van der Waals surface area contributed by atoms with Gasteiger partial charge in [0.05, 0.1) is 39.8 Å². The molecule has 0 amide bonds. The monoisotopic (exact) mass is 356 g/mol. The van der Waals surface area contributed by atoms with Gasteiger partial charge in [0.25, 0.3) is 0 Å². The first-order chi connectivity index (χ1) is 11.0. The molecule has 0 fully saturated rings. The van der Waals surface area contributed by atoms with E-state index >= 15 is 0 Å². The second-order valence-corrected chi connectivity index (χ2v) is 5.36. The Morgan fingerprint density at radius 1 is 1.30 bits per heavy atom. The molecular weight excluding hydrogens is 343 g/mol. The van der Waals surface area contributed by atoms with Crippen LogP contribution >= 0.6 is 23.2 Å². The molecule has 122 valence electrons. The molecule has 0 unspecified atom stereocenters. The number of nitrogens with zero attached hydrogens (tertiary/aromatic N) is 1. The van der Waals surface area contributed by atoms with Crippen molar-refractivity contribution in [3.05, 3.63) is 33.9 Å². The fourth-order valence-corrected chi connectivity index (χ4v) is 2.55. The highest BCUT2D eigenvalue weighted by Gasteiger charge is 2.17. The molecule has 2 rings (SSSR count). The maximum Gasteiger partial charge on any atom is 0.341 e. The Morgan fingerprint density at radius 3 is 2.70 bits per heavy atom. The third kappa shape index (κ3) is 3.83. The zero-order chi connectivity index (χ0) is 17.0. The lowest BCUT2D eigenvalue weighted by molar-refractivity contribution is -0.136. The van der Waals surface area contributed by atoms with Crippen LogP contribution in [-0.4, -0.2) is 35.2 Å². The first-order valence-corrected chi connectivity index (χ1v) is 7.60. The van der Waals surface area contributed by atoms with E-state index in [1.165, 1.54) is 6.20 Å². The van der Waals surface area contributed by atoms with Gasteiger partial charge in [-0.2, -0.15) is 0 Å². The Bertz CT molecular complexity index is 765. The molecule has 0 bridgehead atoms. The summed E-state index contributed by atoms with van der Waals surface area (Å²) < 4.78 is 4.92. The van der Waals surface area contributed by atoms with Gasteiger partial charge in [-0.25, -0.2) is 4.79 Å². The van der Waals surface area contributed by atoms with E-state index in [0.29, 0.717) is 21.6 Å². The number of hydrogen-bond donors (Lipinski definition) is 2. The molecule has 2 N–H and O–H groups in total. The lowest BCUT2D eigenvalue weighted by Gasteiger charge is -2.11. The SMILES string of the molecule is CCOC(=O)c1cnc2c(Cl)c(NCCC(=O)O)ccc2c1Cl. The Kier molecular flexibility index (Phi) is 5.63. The number of esters is 1. The maximum absolute atomic E-state index is 11.8. The third-order valence-electron chi connectivity index (χ3n) is 3.06. The van der Waals surface area contributed by atoms with Crippen LogP contribution in [0.3, 0.4) is 0 Å². The van der Waals surface area contributed by atoms with Crippen LogP contribution in [0.25, 0.3) is 10.9 Å². The topological polar surface area (TPSA) is 88.5 Å². The standard InChI is InChI=1S/C15H14Cl2N2O4/c1-2-23-15(22)9-7-19-14-8(12(9)16)3-4-10(13(14)17)18-6-5-11(20)21/h3-4,7,18H,2,5-6H2,1H3,(H,20,21). The van der Waals surface area contributed by atoms with Crippen LogP contribution in [0.4, 0.5) is 5.69 Å². The number of pyridine rings is 1. The van der Waals surface area contributed by atoms with Crippen molar-refractivity contribution in [2.45, 2.75) is 13.3 Å². The highest BCUT2D eigenvalue weighted by atomic mass is 35.5. The Balaban J connectivity index is 2.37. The summed E-state index contributed by atoms with van der Waals surface area (Å²) in [6, 6.07) is 3.33. The first kappa shape index (κ1) is 17.3. The number of benzene rings is 1. The predicted octanol–water partition coefficient (Wildman–Crippen LogP) is 3.60. The number of carbonyl (C=O) groups excluding carboxylic acids is 1. The average molecular weight is 357 g/mol. The summed E-state index contributed by atoms with van der Waals surface area (Å²) in [5.41, 5.74) is 1.14. The predicted molar refractivity (Wildman–Crippen MR) is 88.5 cm³/mol. The normalized spacial score (nSPS) is 10.6. The molecule has 6 nitrogen and oxygen atoms in total. The van der Waals surface area contributed by atoms with E-state index in [4.69, 9.17) is 33.0 Å². The molecule has 0 atom stereocenters. The first-order valence-electron chi connectivity index (χ1n) is 6.85. The Labute approximate surface area is 142 Å². The van der Waals surface area contributed by atoms with Crippen LogP contribution in [0.1, 0.15) is 23.7 Å². The van der Waals surface area contributed by atoms with Crippen molar-refractivity contribution in [1.82, 2.24) is 4.98 Å². The number of aromatic nitrogens is 1. The van der Waals surface area contributed by atoms with E-state index in [1.54, 1.807) is 19.1 Å². The number of carbonyl (C=O) groups is 2. The van der Waals surface area contributed by atoms with Crippen LogP contribution in [0.5, 0.6) is 0 Å². The van der Waals surface area contributed by atoms with Gasteiger partial charge in [-0.15, -0.1) is 0 Å². The largest absolute Gasteiger partial charge is 0.481 e. The molecule has 0 spiro atoms. The number of anilines is 1. The smallest absolute Gasteiger partial charge is 0.341 e. The molecule has 23 heavy (non-hydrogen) atoms. The van der Waals surface area contributed by atoms with Crippen molar-refractivity contribution in [1.29, 1.82) is 0 Å². The number of nitrogens with one attached hydrogen (secondary N) is 1. The van der Waals surface area contributed by atoms with Crippen molar-refractivity contribution in [2.75, 3.05) is 18.5 Å². The number of carboxylic acids is 1. The van der Waals surface area contributed by atoms with E-state index in [-0.39, 0.29) is 30.2 Å². The quantitative estimate of drug-likeness (QED) is 0.768. The molecule has 2 aromatic rings. The molecule has 0 radical (unpaired) electrons. The van der Waals surface area contributed by atoms with E-state index in [9.17, 15) is 9.59 Å². The molecule has 1 aromatic carbocycles. The van der Waals surface area contributed by atoms with Crippen LogP contribution in [0.2, 0.25) is 10.0 Å². The van der Waals surface area contributed by atoms with Crippen LogP contribution in [0, 0.1) is 0 Å². The minimum Gasteiger partial charge on any atom is -0.481 e. The number of rotatable bonds is 6. The molecular formula is C15H14Cl2N2O4. The average Bonchev–Trinajstić information content (AvgIpc) is 2.50. The summed E-state index contributed by atoms with van der Waals surface area (Å²) in [5, 5.41) is 12.6. The molecule has 0 aliphatic carbocycles. The maximum atomic E-state index is 11.8. The Hall–Kier alpha value is -2.05. The van der Waals surface area contributed by atoms with Crippen molar-refractivity contribution >= 4 is 51.7 Å². The second-order valence-electron chi connectivity index (χ2n) is 4.60. The van der Waals surface area contributed by atoms with E-state index in [2.05, 4.69) is 10.3 Å². The molecule has 8 heteroatoms. The molecule has 0 aliphatic heterocycles. The van der Waals surface area contributed by atoms with Gasteiger partial charge in [0.15, 0.2) is 0 Å². The lowest BCUT2D eigenvalue weighted by atomic mass is 10.1. The fourth-order valence-electron chi connectivity index (χ4n) is 1.99. The lowest BCUT2D eigenvalue weighted by Crippen LogP contribution is -2.08. The number of fused-ring (bicyclic) bond motifs is 1. The minimum atomic E-state index is -0.908. The molecule has 0 aliphatic rings. The van der Waals surface area contributed by atoms with Crippen LogP contribution in [0.15, 0.2) is 18.3 Å². The van der Waals surface area contributed by atoms with E-state index in [0.717, 1.165) is 0 Å². The van der Waals surface area contributed by atoms with Gasteiger partial charge < -0.3 is 15.2 Å².